The van der Waals surface area contributed by atoms with Crippen molar-refractivity contribution < 1.29 is 22.7 Å². The molecule has 1 amide bonds. The van der Waals surface area contributed by atoms with Crippen LogP contribution in [0, 0.1) is 0 Å². The fourth-order valence-electron chi connectivity index (χ4n) is 4.01. The lowest BCUT2D eigenvalue weighted by molar-refractivity contribution is -0.117. The van der Waals surface area contributed by atoms with E-state index in [1.807, 2.05) is 61.2 Å². The molecule has 0 N–H and O–H groups in total. The van der Waals surface area contributed by atoms with Gasteiger partial charge in [-0.2, -0.15) is 4.99 Å². The topological polar surface area (TPSA) is 85.3 Å². The largest absolute Gasteiger partial charge is 0.490 e. The average Bonchev–Trinajstić information content (AvgIpc) is 3.21. The highest BCUT2D eigenvalue weighted by Crippen LogP contribution is 2.46. The van der Waals surface area contributed by atoms with E-state index >= 15 is 0 Å². The van der Waals surface area contributed by atoms with Crippen LogP contribution >= 0.6 is 27.7 Å². The number of sulfone groups is 1. The minimum atomic E-state index is -3.17. The molecule has 2 aliphatic rings. The van der Waals surface area contributed by atoms with Crippen LogP contribution in [0.2, 0.25) is 0 Å². The summed E-state index contributed by atoms with van der Waals surface area (Å²) >= 11 is 4.96. The molecule has 10 heteroatoms. The van der Waals surface area contributed by atoms with Gasteiger partial charge in [0.15, 0.2) is 26.5 Å². The first-order valence-electron chi connectivity index (χ1n) is 10.7. The third-order valence-corrected chi connectivity index (χ3v) is 9.20. The molecule has 7 nitrogen and oxygen atoms in total. The molecular weight excluding hydrogens is 528 g/mol. The second-order valence-electron chi connectivity index (χ2n) is 7.74. The molecule has 176 valence electrons. The number of carbonyl (C=O) groups excluding carboxylic acids is 1. The summed E-state index contributed by atoms with van der Waals surface area (Å²) in [6, 6.07) is 12.8. The minimum absolute atomic E-state index is 0.0141. The zero-order chi connectivity index (χ0) is 23.6. The van der Waals surface area contributed by atoms with Crippen molar-refractivity contribution in [3.8, 4) is 11.5 Å². The molecule has 0 spiro atoms. The van der Waals surface area contributed by atoms with Crippen LogP contribution in [0.25, 0.3) is 0 Å². The van der Waals surface area contributed by atoms with Crippen molar-refractivity contribution in [2.24, 2.45) is 4.99 Å². The number of rotatable bonds is 7. The maximum Gasteiger partial charge on any atom is 0.252 e. The number of aliphatic imine (C=N–C) groups is 1. The summed E-state index contributed by atoms with van der Waals surface area (Å²) in [4.78, 5) is 19.1. The van der Waals surface area contributed by atoms with Crippen LogP contribution in [0.5, 0.6) is 11.5 Å². The van der Waals surface area contributed by atoms with Crippen molar-refractivity contribution in [1.29, 1.82) is 0 Å². The molecule has 0 saturated carbocycles. The van der Waals surface area contributed by atoms with E-state index in [4.69, 9.17) is 9.47 Å². The molecule has 0 radical (unpaired) electrons. The lowest BCUT2D eigenvalue weighted by atomic mass is 10.1. The van der Waals surface area contributed by atoms with Gasteiger partial charge in [-0.15, -0.1) is 0 Å². The highest BCUT2D eigenvalue weighted by Gasteiger charge is 2.50. The third-order valence-electron chi connectivity index (χ3n) is 5.36. The number of amides is 1. The third kappa shape index (κ3) is 5.38. The van der Waals surface area contributed by atoms with E-state index in [1.165, 1.54) is 11.8 Å². The van der Waals surface area contributed by atoms with Crippen molar-refractivity contribution in [2.45, 2.75) is 31.6 Å². The fourth-order valence-corrected chi connectivity index (χ4v) is 8.45. The first kappa shape index (κ1) is 24.1. The standard InChI is InChI=1S/C23H25BrN2O5S2/c1-3-30-19-11-16(24)17(12-20(19)31-4-2)26-18-13-33(28,29)14-21(18)32-23(26)25-22(27)10-15-8-6-5-7-9-15/h5-9,11-12,18,21H,3-4,10,13-14H2,1-2H3/t18-,21-/m0/s1. The van der Waals surface area contributed by atoms with E-state index in [1.54, 1.807) is 0 Å². The zero-order valence-corrected chi connectivity index (χ0v) is 21.6. The lowest BCUT2D eigenvalue weighted by Gasteiger charge is -2.27. The Morgan fingerprint density at radius 2 is 1.79 bits per heavy atom. The van der Waals surface area contributed by atoms with Crippen LogP contribution < -0.4 is 14.4 Å². The summed E-state index contributed by atoms with van der Waals surface area (Å²) in [5.74, 6) is 0.958. The first-order valence-corrected chi connectivity index (χ1v) is 14.2. The summed E-state index contributed by atoms with van der Waals surface area (Å²) in [6.45, 7) is 4.71. The molecule has 0 unspecified atom stereocenters. The number of hydrogen-bond acceptors (Lipinski definition) is 6. The predicted molar refractivity (Wildman–Crippen MR) is 135 cm³/mol. The number of benzene rings is 2. The molecule has 2 aromatic rings. The van der Waals surface area contributed by atoms with Gasteiger partial charge in [0.2, 0.25) is 0 Å². The van der Waals surface area contributed by atoms with Crippen LogP contribution in [0.3, 0.4) is 0 Å². The number of carbonyl (C=O) groups is 1. The molecule has 2 saturated heterocycles. The smallest absolute Gasteiger partial charge is 0.252 e. The summed E-state index contributed by atoms with van der Waals surface area (Å²) in [7, 11) is -3.17. The van der Waals surface area contributed by atoms with Crippen LogP contribution in [0.15, 0.2) is 51.9 Å². The lowest BCUT2D eigenvalue weighted by Crippen LogP contribution is -2.38. The molecule has 0 aliphatic carbocycles. The molecule has 2 atom stereocenters. The van der Waals surface area contributed by atoms with Gasteiger partial charge in [-0.1, -0.05) is 42.1 Å². The van der Waals surface area contributed by atoms with Gasteiger partial charge in [0, 0.05) is 21.9 Å². The molecule has 2 fully saturated rings. The Bertz CT molecular complexity index is 1170. The van der Waals surface area contributed by atoms with Gasteiger partial charge in [-0.25, -0.2) is 8.42 Å². The summed E-state index contributed by atoms with van der Waals surface area (Å²) in [6.07, 6.45) is 0.182. The van der Waals surface area contributed by atoms with E-state index in [-0.39, 0.29) is 35.1 Å². The van der Waals surface area contributed by atoms with E-state index in [0.717, 1.165) is 5.56 Å². The highest BCUT2D eigenvalue weighted by molar-refractivity contribution is 9.10. The van der Waals surface area contributed by atoms with Gasteiger partial charge in [0.05, 0.1) is 42.9 Å². The summed E-state index contributed by atoms with van der Waals surface area (Å²) in [5, 5.41) is 0.320. The van der Waals surface area contributed by atoms with Gasteiger partial charge >= 0.3 is 0 Å². The number of ether oxygens (including phenoxy) is 2. The SMILES string of the molecule is CCOc1cc(Br)c(N2C(=NC(=O)Cc3ccccc3)S[C@H]3CS(=O)(=O)C[C@@H]32)cc1OCC. The number of hydrogen-bond donors (Lipinski definition) is 0. The Balaban J connectivity index is 1.73. The van der Waals surface area contributed by atoms with E-state index in [2.05, 4.69) is 20.9 Å². The van der Waals surface area contributed by atoms with Gasteiger partial charge < -0.3 is 14.4 Å². The van der Waals surface area contributed by atoms with E-state index < -0.39 is 9.84 Å². The van der Waals surface area contributed by atoms with Gasteiger partial charge in [-0.05, 0) is 35.3 Å². The molecular formula is C23H25BrN2O5S2. The number of halogens is 1. The minimum Gasteiger partial charge on any atom is -0.490 e. The number of anilines is 1. The molecule has 2 aliphatic heterocycles. The normalized spacial score (nSPS) is 22.4. The van der Waals surface area contributed by atoms with Crippen molar-refractivity contribution in [1.82, 2.24) is 0 Å². The summed E-state index contributed by atoms with van der Waals surface area (Å²) < 4.78 is 37.0. The molecule has 33 heavy (non-hydrogen) atoms. The Morgan fingerprint density at radius 1 is 1.12 bits per heavy atom. The van der Waals surface area contributed by atoms with Crippen molar-refractivity contribution in [3.05, 3.63) is 52.5 Å². The van der Waals surface area contributed by atoms with Crippen LogP contribution in [0.1, 0.15) is 19.4 Å². The van der Waals surface area contributed by atoms with Gasteiger partial charge in [0.1, 0.15) is 0 Å². The monoisotopic (exact) mass is 552 g/mol. The molecule has 4 rings (SSSR count). The van der Waals surface area contributed by atoms with Crippen molar-refractivity contribution in [2.75, 3.05) is 29.6 Å². The summed E-state index contributed by atoms with van der Waals surface area (Å²) in [5.41, 5.74) is 1.58. The number of thioether (sulfide) groups is 1. The Kier molecular flexibility index (Phi) is 7.35. The molecule has 0 bridgehead atoms. The number of nitrogens with zero attached hydrogens (tertiary/aromatic N) is 2. The van der Waals surface area contributed by atoms with E-state index in [0.29, 0.717) is 40.0 Å². The van der Waals surface area contributed by atoms with Crippen LogP contribution in [-0.2, 0) is 21.1 Å². The van der Waals surface area contributed by atoms with Gasteiger partial charge in [0.25, 0.3) is 5.91 Å². The second kappa shape index (κ2) is 10.1. The van der Waals surface area contributed by atoms with E-state index in [9.17, 15) is 13.2 Å². The predicted octanol–water partition coefficient (Wildman–Crippen LogP) is 4.09. The average molecular weight is 554 g/mol. The fraction of sp³-hybridized carbons (Fsp3) is 0.391. The highest BCUT2D eigenvalue weighted by atomic mass is 79.9. The Hall–Kier alpha value is -2.04. The second-order valence-corrected chi connectivity index (χ2v) is 12.0. The molecule has 2 heterocycles. The maximum atomic E-state index is 12.8. The Labute approximate surface area is 206 Å². The van der Waals surface area contributed by atoms with Crippen molar-refractivity contribution >= 4 is 54.3 Å². The quantitative estimate of drug-likeness (QED) is 0.511. The Morgan fingerprint density at radius 3 is 2.45 bits per heavy atom. The zero-order valence-electron chi connectivity index (χ0n) is 18.4. The van der Waals surface area contributed by atoms with Crippen LogP contribution in [-0.4, -0.2) is 55.5 Å². The van der Waals surface area contributed by atoms with Crippen LogP contribution in [0.4, 0.5) is 5.69 Å². The number of amidine groups is 1. The molecule has 2 aromatic carbocycles. The first-order chi connectivity index (χ1) is 15.8. The maximum absolute atomic E-state index is 12.8. The molecule has 0 aromatic heterocycles. The van der Waals surface area contributed by atoms with Gasteiger partial charge in [-0.3, -0.25) is 4.79 Å². The van der Waals surface area contributed by atoms with Crippen molar-refractivity contribution in [3.63, 3.8) is 0 Å². The number of fused-ring (bicyclic) bond motifs is 1.